The molecule has 0 aliphatic rings. The van der Waals surface area contributed by atoms with Crippen molar-refractivity contribution in [2.75, 3.05) is 0 Å². The summed E-state index contributed by atoms with van der Waals surface area (Å²) in [5.74, 6) is 22.4. The fraction of sp³-hybridized carbons (Fsp3) is 0.735. The van der Waals surface area contributed by atoms with E-state index in [1.54, 1.807) is 0 Å². The van der Waals surface area contributed by atoms with Crippen LogP contribution in [0.1, 0.15) is 494 Å². The molecule has 0 N–H and O–H groups in total. The van der Waals surface area contributed by atoms with E-state index in [2.05, 4.69) is 113 Å². The van der Waals surface area contributed by atoms with E-state index in [1.165, 1.54) is 441 Å². The van der Waals surface area contributed by atoms with Crippen molar-refractivity contribution in [2.24, 2.45) is 0 Å². The van der Waals surface area contributed by atoms with Gasteiger partial charge in [0.1, 0.15) is 0 Å². The Morgan fingerprint density at radius 3 is 0.408 bits per heavy atom. The van der Waals surface area contributed by atoms with Gasteiger partial charge >= 0.3 is 0 Å². The SMILES string of the molecule is C#Cc1cc(CCCCCCCCCCCC)c(C#Cc2cc(CCCCCCCCCCCC)c(C#Cc3cc(CCCCCCCCCCCC)c(C#C)cc3CCCCCCCCCCCC)cc2CCCCCCCCCCCC)cc1CCCCCCCCCCCC. The van der Waals surface area contributed by atoms with E-state index in [0.29, 0.717) is 0 Å². The molecule has 0 spiro atoms. The van der Waals surface area contributed by atoms with Crippen LogP contribution >= 0.6 is 0 Å². The van der Waals surface area contributed by atoms with Gasteiger partial charge in [-0.1, -0.05) is 424 Å². The fourth-order valence-electron chi connectivity index (χ4n) is 15.1. The maximum atomic E-state index is 6.46. The normalized spacial score (nSPS) is 11.2. The van der Waals surface area contributed by atoms with Crippen LogP contribution in [0.5, 0.6) is 0 Å². The van der Waals surface area contributed by atoms with Crippen molar-refractivity contribution in [1.29, 1.82) is 0 Å². The predicted octanol–water partition coefficient (Wildman–Crippen LogP) is 31.2. The van der Waals surface area contributed by atoms with Crippen LogP contribution in [0.4, 0.5) is 0 Å². The Hall–Kier alpha value is -4.10. The fourth-order valence-corrected chi connectivity index (χ4v) is 15.1. The van der Waals surface area contributed by atoms with E-state index in [-0.39, 0.29) is 0 Å². The number of hydrogen-bond acceptors (Lipinski definition) is 0. The molecule has 0 heteroatoms. The Labute approximate surface area is 613 Å². The molecule has 0 saturated carbocycles. The van der Waals surface area contributed by atoms with Gasteiger partial charge in [-0.2, -0.15) is 0 Å². The van der Waals surface area contributed by atoms with Gasteiger partial charge in [-0.05, 0) is 147 Å². The molecule has 0 amide bonds. The second kappa shape index (κ2) is 65.0. The highest BCUT2D eigenvalue weighted by molar-refractivity contribution is 5.59. The molecule has 0 aliphatic carbocycles. The number of unbranched alkanes of at least 4 members (excludes halogenated alkanes) is 54. The predicted molar refractivity (Wildman–Crippen MR) is 440 cm³/mol. The molecule has 3 rings (SSSR count). The van der Waals surface area contributed by atoms with Crippen molar-refractivity contribution in [3.05, 3.63) is 103 Å². The summed E-state index contributed by atoms with van der Waals surface area (Å²) >= 11 is 0. The standard InChI is InChI=1S/C98H158/c1-9-17-23-29-35-41-47-53-59-65-71-89-83-95(91(81-87(89)15-7)73-67-61-55-49-43-37-31-25-19-11-3)77-79-97-85-94(76-70-64-58-52-46-40-34-28-22-14-6)98(86-93(97)75-69-63-57-51-45-39-33-27-21-13-5)80-78-96-84-90(72-66-60-54-48-42-36-30-24-18-10-2)88(16-8)82-92(96)74-68-62-56-50-44-38-32-26-20-12-4/h7-8,81-86H,9-14,17-76H2,1-6H3. The zero-order chi connectivity index (χ0) is 70.1. The molecule has 0 radical (unpaired) electrons. The lowest BCUT2D eigenvalue weighted by Gasteiger charge is -2.14. The molecule has 98 heavy (non-hydrogen) atoms. The van der Waals surface area contributed by atoms with Crippen LogP contribution in [-0.4, -0.2) is 0 Å². The van der Waals surface area contributed by atoms with Gasteiger partial charge in [0.2, 0.25) is 0 Å². The summed E-state index contributed by atoms with van der Waals surface area (Å²) in [4.78, 5) is 0. The van der Waals surface area contributed by atoms with Crippen molar-refractivity contribution >= 4 is 0 Å². The maximum absolute atomic E-state index is 6.46. The number of terminal acetylenes is 2. The van der Waals surface area contributed by atoms with Crippen LogP contribution in [0.15, 0.2) is 36.4 Å². The van der Waals surface area contributed by atoms with Gasteiger partial charge in [0.15, 0.2) is 0 Å². The van der Waals surface area contributed by atoms with Gasteiger partial charge < -0.3 is 0 Å². The lowest BCUT2D eigenvalue weighted by Crippen LogP contribution is -2.01. The minimum absolute atomic E-state index is 1.04. The Morgan fingerprint density at radius 2 is 0.276 bits per heavy atom. The zero-order valence-electron chi connectivity index (χ0n) is 66.3. The molecular weight excluding hydrogens is 1180 g/mol. The first kappa shape index (κ1) is 88.1. The second-order valence-corrected chi connectivity index (χ2v) is 30.9. The van der Waals surface area contributed by atoms with Gasteiger partial charge in [-0.3, -0.25) is 0 Å². The van der Waals surface area contributed by atoms with Gasteiger partial charge in [0.25, 0.3) is 0 Å². The quantitative estimate of drug-likeness (QED) is 0.0390. The molecule has 0 atom stereocenters. The highest BCUT2D eigenvalue weighted by Crippen LogP contribution is 2.28. The first-order chi connectivity index (χ1) is 48.5. The van der Waals surface area contributed by atoms with Crippen molar-refractivity contribution in [3.63, 3.8) is 0 Å². The van der Waals surface area contributed by atoms with Crippen molar-refractivity contribution in [3.8, 4) is 48.4 Å². The van der Waals surface area contributed by atoms with Gasteiger partial charge in [-0.15, -0.1) is 12.8 Å². The molecule has 0 heterocycles. The molecule has 3 aromatic rings. The summed E-state index contributed by atoms with van der Waals surface area (Å²) in [6.45, 7) is 13.9. The molecule has 0 unspecified atom stereocenters. The number of hydrogen-bond donors (Lipinski definition) is 0. The van der Waals surface area contributed by atoms with Crippen molar-refractivity contribution < 1.29 is 0 Å². The van der Waals surface area contributed by atoms with E-state index in [9.17, 15) is 0 Å². The van der Waals surface area contributed by atoms with E-state index in [1.807, 2.05) is 0 Å². The number of rotatable bonds is 66. The van der Waals surface area contributed by atoms with E-state index in [0.717, 1.165) is 49.7 Å². The third kappa shape index (κ3) is 45.0. The molecule has 0 bridgehead atoms. The zero-order valence-corrected chi connectivity index (χ0v) is 66.3. The lowest BCUT2D eigenvalue weighted by molar-refractivity contribution is 0.555. The molecule has 550 valence electrons. The Kier molecular flexibility index (Phi) is 58.4. The van der Waals surface area contributed by atoms with Gasteiger partial charge in [-0.25, -0.2) is 0 Å². The average molecular weight is 1340 g/mol. The van der Waals surface area contributed by atoms with Crippen molar-refractivity contribution in [1.82, 2.24) is 0 Å². The average Bonchev–Trinajstić information content (AvgIpc) is 1.31. The maximum Gasteiger partial charge on any atom is 0.0284 e. The van der Waals surface area contributed by atoms with Crippen LogP contribution in [-0.2, 0) is 38.5 Å². The van der Waals surface area contributed by atoms with Gasteiger partial charge in [0, 0.05) is 33.4 Å². The Bertz CT molecular complexity index is 2400. The minimum atomic E-state index is 1.04. The van der Waals surface area contributed by atoms with Crippen LogP contribution in [0.2, 0.25) is 0 Å². The number of benzene rings is 3. The Balaban J connectivity index is 2.17. The topological polar surface area (TPSA) is 0 Å². The highest BCUT2D eigenvalue weighted by atomic mass is 14.2. The summed E-state index contributed by atoms with van der Waals surface area (Å²) in [5, 5.41) is 0. The smallest absolute Gasteiger partial charge is 0.0284 e. The van der Waals surface area contributed by atoms with E-state index < -0.39 is 0 Å². The summed E-state index contributed by atoms with van der Waals surface area (Å²) in [5.41, 5.74) is 15.3. The first-order valence-electron chi connectivity index (χ1n) is 43.9. The third-order valence-corrected chi connectivity index (χ3v) is 21.8. The summed E-state index contributed by atoms with van der Waals surface area (Å²) in [6.07, 6.45) is 99.7. The van der Waals surface area contributed by atoms with Crippen LogP contribution < -0.4 is 0 Å². The van der Waals surface area contributed by atoms with Crippen LogP contribution in [0.3, 0.4) is 0 Å². The van der Waals surface area contributed by atoms with Crippen LogP contribution in [0, 0.1) is 48.4 Å². The molecule has 0 nitrogen and oxygen atoms in total. The molecule has 0 aliphatic heterocycles. The molecule has 0 aromatic heterocycles. The minimum Gasteiger partial charge on any atom is -0.115 e. The van der Waals surface area contributed by atoms with Crippen molar-refractivity contribution in [2.45, 2.75) is 465 Å². The molecular formula is C98H158. The van der Waals surface area contributed by atoms with E-state index >= 15 is 0 Å². The largest absolute Gasteiger partial charge is 0.115 e. The summed E-state index contributed by atoms with van der Waals surface area (Å²) in [7, 11) is 0. The van der Waals surface area contributed by atoms with E-state index in [4.69, 9.17) is 12.8 Å². The number of aryl methyl sites for hydroxylation is 6. The lowest BCUT2D eigenvalue weighted by atomic mass is 9.90. The summed E-state index contributed by atoms with van der Waals surface area (Å²) < 4.78 is 0. The van der Waals surface area contributed by atoms with Crippen LogP contribution in [0.25, 0.3) is 0 Å². The molecule has 0 fully saturated rings. The monoisotopic (exact) mass is 1340 g/mol. The summed E-state index contributed by atoms with van der Waals surface area (Å²) in [6, 6.07) is 14.8. The van der Waals surface area contributed by atoms with Gasteiger partial charge in [0.05, 0.1) is 0 Å². The third-order valence-electron chi connectivity index (χ3n) is 21.8. The first-order valence-corrected chi connectivity index (χ1v) is 43.9. The molecule has 0 saturated heterocycles. The highest BCUT2D eigenvalue weighted by Gasteiger charge is 2.14. The Morgan fingerprint density at radius 1 is 0.163 bits per heavy atom. The molecule has 3 aromatic carbocycles. The second-order valence-electron chi connectivity index (χ2n) is 30.9.